The first-order valence-corrected chi connectivity index (χ1v) is 13.9. The number of amides is 3. The largest absolute Gasteiger partial charge is 0.465 e. The number of benzene rings is 3. The second-order valence-electron chi connectivity index (χ2n) is 9.32. The third-order valence-corrected chi connectivity index (χ3v) is 7.89. The third-order valence-electron chi connectivity index (χ3n) is 6.44. The molecule has 2 heterocycles. The Labute approximate surface area is 230 Å². The number of aromatic nitrogens is 2. The molecule has 0 saturated carbocycles. The van der Waals surface area contributed by atoms with Crippen LogP contribution in [0.3, 0.4) is 0 Å². The highest BCUT2D eigenvalue weighted by Gasteiger charge is 2.30. The zero-order chi connectivity index (χ0) is 28.3. The number of nitrogens with zero attached hydrogens (tertiary/aromatic N) is 1. The molecule has 2 atom stereocenters. The van der Waals surface area contributed by atoms with Gasteiger partial charge in [0.15, 0.2) is 0 Å². The number of para-hydroxylation sites is 2. The van der Waals surface area contributed by atoms with Gasteiger partial charge >= 0.3 is 6.09 Å². The zero-order valence-electron chi connectivity index (χ0n) is 21.1. The Kier molecular flexibility index (Phi) is 7.56. The summed E-state index contributed by atoms with van der Waals surface area (Å²) in [5.74, 6) is -0.593. The van der Waals surface area contributed by atoms with E-state index in [0.29, 0.717) is 23.3 Å². The molecule has 7 N–H and O–H groups in total. The van der Waals surface area contributed by atoms with Crippen LogP contribution in [0, 0.1) is 0 Å². The molecule has 3 aromatic carbocycles. The fourth-order valence-corrected chi connectivity index (χ4v) is 5.73. The Morgan fingerprint density at radius 1 is 0.875 bits per heavy atom. The van der Waals surface area contributed by atoms with Crippen LogP contribution in [-0.2, 0) is 22.4 Å². The maximum atomic E-state index is 13.4. The van der Waals surface area contributed by atoms with E-state index in [4.69, 9.17) is 0 Å². The highest BCUT2D eigenvalue weighted by atomic mass is 32.3. The standard InChI is InChI=1S/C28H27N5O6S/c34-25-16-24(40(38,39)33-25)19-12-10-18(11-13-19)14-22(26-29-20-8-4-5-9-21(20)30-26)31-27(35)23(32-28(36)37)15-17-6-2-1-3-7-17/h1-13,16,22-23,32,38-39H,14-15H2,(H,29,30)(H,31,35)(H,33,34)(H,36,37)/t22?,23-/m0/s1. The van der Waals surface area contributed by atoms with Gasteiger partial charge in [-0.05, 0) is 35.2 Å². The highest BCUT2D eigenvalue weighted by molar-refractivity contribution is 8.31. The number of carboxylic acid groups (broad SMARTS) is 1. The van der Waals surface area contributed by atoms with Crippen molar-refractivity contribution >= 4 is 44.6 Å². The molecule has 40 heavy (non-hydrogen) atoms. The van der Waals surface area contributed by atoms with E-state index in [1.54, 1.807) is 24.3 Å². The van der Waals surface area contributed by atoms with E-state index in [-0.39, 0.29) is 11.3 Å². The van der Waals surface area contributed by atoms with Gasteiger partial charge in [0.05, 0.1) is 22.0 Å². The van der Waals surface area contributed by atoms with Gasteiger partial charge in [-0.25, -0.2) is 14.5 Å². The van der Waals surface area contributed by atoms with E-state index < -0.39 is 40.8 Å². The average molecular weight is 562 g/mol. The van der Waals surface area contributed by atoms with Gasteiger partial charge in [-0.1, -0.05) is 77.5 Å². The molecule has 0 fully saturated rings. The lowest BCUT2D eigenvalue weighted by atomic mass is 10.0. The first-order valence-electron chi connectivity index (χ1n) is 12.4. The fraction of sp³-hybridized carbons (Fsp3) is 0.143. The van der Waals surface area contributed by atoms with Gasteiger partial charge in [0.2, 0.25) is 5.91 Å². The number of carbonyl (C=O) groups is 3. The van der Waals surface area contributed by atoms with Crippen LogP contribution in [-0.4, -0.2) is 48.1 Å². The lowest BCUT2D eigenvalue weighted by molar-refractivity contribution is -0.123. The van der Waals surface area contributed by atoms with Gasteiger partial charge in [-0.2, -0.15) is 0 Å². The molecule has 3 amide bonds. The number of carbonyl (C=O) groups excluding carboxylic acids is 2. The molecule has 12 heteroatoms. The lowest BCUT2D eigenvalue weighted by Crippen LogP contribution is -2.48. The summed E-state index contributed by atoms with van der Waals surface area (Å²) in [5, 5.41) is 14.7. The summed E-state index contributed by atoms with van der Waals surface area (Å²) in [5.41, 5.74) is 3.56. The van der Waals surface area contributed by atoms with E-state index in [2.05, 4.69) is 25.3 Å². The van der Waals surface area contributed by atoms with Gasteiger partial charge in [-0.3, -0.25) is 18.7 Å². The van der Waals surface area contributed by atoms with E-state index in [1.165, 1.54) is 0 Å². The molecule has 4 aromatic rings. The van der Waals surface area contributed by atoms with Gasteiger partial charge in [-0.15, -0.1) is 0 Å². The Morgan fingerprint density at radius 2 is 1.55 bits per heavy atom. The van der Waals surface area contributed by atoms with E-state index in [9.17, 15) is 28.6 Å². The molecule has 206 valence electrons. The molecule has 0 aliphatic carbocycles. The van der Waals surface area contributed by atoms with E-state index >= 15 is 0 Å². The Hall–Kier alpha value is -4.65. The summed E-state index contributed by atoms with van der Waals surface area (Å²) in [6.07, 6.45) is 0.301. The lowest BCUT2D eigenvalue weighted by Gasteiger charge is -2.29. The molecule has 1 aromatic heterocycles. The van der Waals surface area contributed by atoms with Crippen LogP contribution in [0.1, 0.15) is 28.6 Å². The molecule has 0 spiro atoms. The van der Waals surface area contributed by atoms with Crippen molar-refractivity contribution in [2.45, 2.75) is 24.9 Å². The normalized spacial score (nSPS) is 16.4. The number of nitrogens with one attached hydrogen (secondary N) is 4. The van der Waals surface area contributed by atoms with Gasteiger partial charge < -0.3 is 20.7 Å². The Balaban J connectivity index is 1.41. The van der Waals surface area contributed by atoms with Crippen LogP contribution < -0.4 is 15.4 Å². The predicted molar refractivity (Wildman–Crippen MR) is 151 cm³/mol. The van der Waals surface area contributed by atoms with Crippen molar-refractivity contribution in [1.29, 1.82) is 0 Å². The van der Waals surface area contributed by atoms with Crippen LogP contribution in [0.25, 0.3) is 15.9 Å². The quantitative estimate of drug-likeness (QED) is 0.162. The van der Waals surface area contributed by atoms with Gasteiger partial charge in [0.25, 0.3) is 5.91 Å². The summed E-state index contributed by atoms with van der Waals surface area (Å²) in [4.78, 5) is 44.6. The van der Waals surface area contributed by atoms with Crippen LogP contribution in [0.15, 0.2) is 84.9 Å². The van der Waals surface area contributed by atoms with Crippen molar-refractivity contribution < 1.29 is 28.6 Å². The number of H-pyrrole nitrogens is 1. The minimum Gasteiger partial charge on any atom is -0.465 e. The minimum absolute atomic E-state index is 0.106. The molecule has 1 unspecified atom stereocenters. The van der Waals surface area contributed by atoms with Crippen LogP contribution in [0.4, 0.5) is 4.79 Å². The SMILES string of the molecule is O=C(O)N[C@@H](Cc1ccccc1)C(=O)NC(Cc1ccc(C2=CC(=O)NS2(O)O)cc1)c1nc2ccccc2[nH]1. The molecular weight excluding hydrogens is 534 g/mol. The fourth-order valence-electron chi connectivity index (χ4n) is 4.55. The number of hydrogen-bond donors (Lipinski definition) is 7. The second kappa shape index (κ2) is 11.2. The van der Waals surface area contributed by atoms with Crippen molar-refractivity contribution in [3.8, 4) is 0 Å². The number of fused-ring (bicyclic) bond motifs is 1. The third kappa shape index (κ3) is 6.15. The highest BCUT2D eigenvalue weighted by Crippen LogP contribution is 2.52. The van der Waals surface area contributed by atoms with Crippen LogP contribution >= 0.6 is 10.8 Å². The zero-order valence-corrected chi connectivity index (χ0v) is 21.9. The molecule has 0 radical (unpaired) electrons. The summed E-state index contributed by atoms with van der Waals surface area (Å²) >= 11 is 0. The smallest absolute Gasteiger partial charge is 0.405 e. The number of imidazole rings is 1. The van der Waals surface area contributed by atoms with Crippen molar-refractivity contribution in [3.63, 3.8) is 0 Å². The maximum Gasteiger partial charge on any atom is 0.405 e. The van der Waals surface area contributed by atoms with E-state index in [0.717, 1.165) is 22.7 Å². The predicted octanol–water partition coefficient (Wildman–Crippen LogP) is 3.98. The molecule has 1 aliphatic heterocycles. The molecule has 0 bridgehead atoms. The maximum absolute atomic E-state index is 13.4. The summed E-state index contributed by atoms with van der Waals surface area (Å²) in [6.45, 7) is 0. The van der Waals surface area contributed by atoms with Crippen molar-refractivity contribution in [2.75, 3.05) is 0 Å². The summed E-state index contributed by atoms with van der Waals surface area (Å²) in [7, 11) is -3.41. The number of hydrogen-bond acceptors (Lipinski definition) is 6. The first kappa shape index (κ1) is 26.9. The molecule has 0 saturated heterocycles. The van der Waals surface area contributed by atoms with Crippen molar-refractivity contribution in [1.82, 2.24) is 25.3 Å². The molecule has 11 nitrogen and oxygen atoms in total. The van der Waals surface area contributed by atoms with Gasteiger partial charge in [0.1, 0.15) is 11.9 Å². The number of rotatable bonds is 9. The van der Waals surface area contributed by atoms with Gasteiger partial charge in [0, 0.05) is 12.5 Å². The number of aromatic amines is 1. The average Bonchev–Trinajstić information content (AvgIpc) is 3.48. The van der Waals surface area contributed by atoms with E-state index in [1.807, 2.05) is 54.6 Å². The second-order valence-corrected chi connectivity index (χ2v) is 11.1. The monoisotopic (exact) mass is 561 g/mol. The van der Waals surface area contributed by atoms with Crippen molar-refractivity contribution in [3.05, 3.63) is 107 Å². The topological polar surface area (TPSA) is 177 Å². The van der Waals surface area contributed by atoms with Crippen LogP contribution in [0.2, 0.25) is 0 Å². The molecule has 1 aliphatic rings. The Bertz CT molecular complexity index is 1550. The summed E-state index contributed by atoms with van der Waals surface area (Å²) in [6, 6.07) is 21.7. The molecular formula is C28H27N5O6S. The minimum atomic E-state index is -3.41. The van der Waals surface area contributed by atoms with Crippen LogP contribution in [0.5, 0.6) is 0 Å². The molecule has 5 rings (SSSR count). The van der Waals surface area contributed by atoms with Crippen molar-refractivity contribution in [2.24, 2.45) is 0 Å². The summed E-state index contributed by atoms with van der Waals surface area (Å²) < 4.78 is 22.5. The Morgan fingerprint density at radius 3 is 2.20 bits per heavy atom. The first-order chi connectivity index (χ1) is 19.2.